The number of carbonyl (C=O) groups excluding carboxylic acids is 1. The van der Waals surface area contributed by atoms with E-state index in [2.05, 4.69) is 29.8 Å². The summed E-state index contributed by atoms with van der Waals surface area (Å²) in [5, 5.41) is 0. The fourth-order valence-electron chi connectivity index (χ4n) is 4.53. The maximum atomic E-state index is 12.9. The molecule has 3 aliphatic heterocycles. The Labute approximate surface area is 120 Å². The summed E-state index contributed by atoms with van der Waals surface area (Å²) < 4.78 is 0. The maximum absolute atomic E-state index is 12.9. The van der Waals surface area contributed by atoms with Gasteiger partial charge in [0.1, 0.15) is 0 Å². The van der Waals surface area contributed by atoms with Gasteiger partial charge in [-0.3, -0.25) is 4.79 Å². The van der Waals surface area contributed by atoms with Crippen molar-refractivity contribution in [1.29, 1.82) is 0 Å². The quantitative estimate of drug-likeness (QED) is 0.723. The molecular formula is C17H22N2O. The van der Waals surface area contributed by atoms with Crippen molar-refractivity contribution in [3.8, 4) is 0 Å². The molecule has 3 fully saturated rings. The number of hydrogen-bond acceptors (Lipinski definition) is 2. The van der Waals surface area contributed by atoms with Gasteiger partial charge in [0.15, 0.2) is 0 Å². The van der Waals surface area contributed by atoms with Crippen LogP contribution in [0.4, 0.5) is 5.69 Å². The van der Waals surface area contributed by atoms with Crippen LogP contribution in [-0.2, 0) is 0 Å². The number of anilines is 1. The molecule has 0 radical (unpaired) electrons. The van der Waals surface area contributed by atoms with Crippen LogP contribution in [0.15, 0.2) is 24.3 Å². The van der Waals surface area contributed by atoms with Gasteiger partial charge in [0, 0.05) is 25.8 Å². The SMILES string of the molecule is C[C@H]1C2CCN3C(=O)c4ccccc4N(C)C[C@@H]3[C@@H]1C2. The fourth-order valence-corrected chi connectivity index (χ4v) is 4.53. The predicted octanol–water partition coefficient (Wildman–Crippen LogP) is 2.62. The van der Waals surface area contributed by atoms with E-state index < -0.39 is 0 Å². The Balaban J connectivity index is 1.78. The molecule has 1 unspecified atom stereocenters. The number of carbonyl (C=O) groups is 1. The van der Waals surface area contributed by atoms with Crippen molar-refractivity contribution in [1.82, 2.24) is 4.90 Å². The van der Waals surface area contributed by atoms with Crippen LogP contribution in [0.3, 0.4) is 0 Å². The van der Waals surface area contributed by atoms with Crippen LogP contribution < -0.4 is 4.90 Å². The smallest absolute Gasteiger partial charge is 0.256 e. The van der Waals surface area contributed by atoms with Crippen molar-refractivity contribution in [3.05, 3.63) is 29.8 Å². The van der Waals surface area contributed by atoms with E-state index in [4.69, 9.17) is 0 Å². The van der Waals surface area contributed by atoms with Crippen LogP contribution in [-0.4, -0.2) is 37.0 Å². The third kappa shape index (κ3) is 1.55. The van der Waals surface area contributed by atoms with Gasteiger partial charge in [-0.15, -0.1) is 0 Å². The van der Waals surface area contributed by atoms with Crippen molar-refractivity contribution in [2.75, 3.05) is 25.0 Å². The summed E-state index contributed by atoms with van der Waals surface area (Å²) >= 11 is 0. The third-order valence-electron chi connectivity index (χ3n) is 5.90. The van der Waals surface area contributed by atoms with Gasteiger partial charge in [-0.25, -0.2) is 0 Å². The first kappa shape index (κ1) is 12.2. The van der Waals surface area contributed by atoms with Gasteiger partial charge < -0.3 is 9.80 Å². The van der Waals surface area contributed by atoms with Gasteiger partial charge in [-0.2, -0.15) is 0 Å². The number of likely N-dealkylation sites (N-methyl/N-ethyl adjacent to an activating group) is 1. The highest BCUT2D eigenvalue weighted by Crippen LogP contribution is 2.49. The van der Waals surface area contributed by atoms with Gasteiger partial charge in [0.2, 0.25) is 0 Å². The molecule has 0 spiro atoms. The molecule has 1 amide bonds. The fraction of sp³-hybridized carbons (Fsp3) is 0.588. The average Bonchev–Trinajstić information content (AvgIpc) is 2.77. The maximum Gasteiger partial charge on any atom is 0.256 e. The molecule has 2 saturated heterocycles. The molecule has 4 aliphatic rings. The van der Waals surface area contributed by atoms with Gasteiger partial charge in [-0.1, -0.05) is 19.1 Å². The molecule has 1 aromatic carbocycles. The van der Waals surface area contributed by atoms with Crippen LogP contribution in [0.5, 0.6) is 0 Å². The Morgan fingerprint density at radius 1 is 1.25 bits per heavy atom. The van der Waals surface area contributed by atoms with E-state index in [0.717, 1.165) is 36.2 Å². The molecule has 4 atom stereocenters. The summed E-state index contributed by atoms with van der Waals surface area (Å²) in [6.45, 7) is 4.30. The second kappa shape index (κ2) is 4.24. The predicted molar refractivity (Wildman–Crippen MR) is 79.9 cm³/mol. The summed E-state index contributed by atoms with van der Waals surface area (Å²) in [5.41, 5.74) is 1.97. The Morgan fingerprint density at radius 3 is 2.85 bits per heavy atom. The zero-order valence-corrected chi connectivity index (χ0v) is 12.2. The minimum absolute atomic E-state index is 0.245. The van der Waals surface area contributed by atoms with E-state index in [1.807, 2.05) is 18.2 Å². The van der Waals surface area contributed by atoms with E-state index in [1.165, 1.54) is 12.8 Å². The average molecular weight is 270 g/mol. The second-order valence-corrected chi connectivity index (χ2v) is 6.77. The Hall–Kier alpha value is -1.51. The molecule has 1 saturated carbocycles. The molecule has 0 N–H and O–H groups in total. The Kier molecular flexibility index (Phi) is 2.60. The molecule has 2 bridgehead atoms. The normalized spacial score (nSPS) is 35.6. The van der Waals surface area contributed by atoms with Crippen molar-refractivity contribution in [3.63, 3.8) is 0 Å². The first-order chi connectivity index (χ1) is 9.66. The van der Waals surface area contributed by atoms with Crippen LogP contribution in [0.2, 0.25) is 0 Å². The number of hydrogen-bond donors (Lipinski definition) is 0. The molecule has 1 aromatic rings. The second-order valence-electron chi connectivity index (χ2n) is 6.77. The van der Waals surface area contributed by atoms with Crippen molar-refractivity contribution in [2.45, 2.75) is 25.8 Å². The first-order valence-electron chi connectivity index (χ1n) is 7.78. The standard InChI is InChI=1S/C17H22N2O/c1-11-12-7-8-19-16(14(11)9-12)10-18(2)15-6-4-3-5-13(15)17(19)20/h3-6,11-12,14,16H,7-10H2,1-2H3/t11-,12?,14+,16+/m0/s1. The number of nitrogens with zero attached hydrogens (tertiary/aromatic N) is 2. The summed E-state index contributed by atoms with van der Waals surface area (Å²) in [6.07, 6.45) is 2.51. The summed E-state index contributed by atoms with van der Waals surface area (Å²) in [7, 11) is 2.13. The number of fused-ring (bicyclic) bond motifs is 2. The topological polar surface area (TPSA) is 23.6 Å². The minimum atomic E-state index is 0.245. The van der Waals surface area contributed by atoms with Crippen LogP contribution in [0.25, 0.3) is 0 Å². The minimum Gasteiger partial charge on any atom is -0.372 e. The highest BCUT2D eigenvalue weighted by Gasteiger charge is 2.49. The molecule has 20 heavy (non-hydrogen) atoms. The number of benzene rings is 1. The highest BCUT2D eigenvalue weighted by atomic mass is 16.2. The summed E-state index contributed by atoms with van der Waals surface area (Å²) in [6, 6.07) is 8.46. The molecule has 3 nitrogen and oxygen atoms in total. The highest BCUT2D eigenvalue weighted by molar-refractivity contribution is 6.00. The number of rotatable bonds is 0. The first-order valence-corrected chi connectivity index (χ1v) is 7.78. The molecule has 0 aromatic heterocycles. The molecule has 3 heteroatoms. The monoisotopic (exact) mass is 270 g/mol. The van der Waals surface area contributed by atoms with Crippen LogP contribution >= 0.6 is 0 Å². The van der Waals surface area contributed by atoms with E-state index in [1.54, 1.807) is 0 Å². The number of amides is 1. The molecule has 1 aliphatic carbocycles. The van der Waals surface area contributed by atoms with Crippen LogP contribution in [0.1, 0.15) is 30.1 Å². The van der Waals surface area contributed by atoms with E-state index >= 15 is 0 Å². The van der Waals surface area contributed by atoms with Gasteiger partial charge >= 0.3 is 0 Å². The number of para-hydroxylation sites is 1. The van der Waals surface area contributed by atoms with Gasteiger partial charge in [0.25, 0.3) is 5.91 Å². The zero-order chi connectivity index (χ0) is 13.9. The van der Waals surface area contributed by atoms with Crippen molar-refractivity contribution >= 4 is 11.6 Å². The Bertz CT molecular complexity index is 556. The van der Waals surface area contributed by atoms with E-state index in [0.29, 0.717) is 12.0 Å². The van der Waals surface area contributed by atoms with Crippen molar-refractivity contribution < 1.29 is 4.79 Å². The summed E-state index contributed by atoms with van der Waals surface area (Å²) in [5.74, 6) is 2.57. The zero-order valence-electron chi connectivity index (χ0n) is 12.2. The lowest BCUT2D eigenvalue weighted by atomic mass is 9.63. The van der Waals surface area contributed by atoms with Gasteiger partial charge in [0.05, 0.1) is 11.6 Å². The molecule has 106 valence electrons. The van der Waals surface area contributed by atoms with Crippen LogP contribution in [0, 0.1) is 17.8 Å². The van der Waals surface area contributed by atoms with Gasteiger partial charge in [-0.05, 0) is 42.7 Å². The molecular weight excluding hydrogens is 248 g/mol. The van der Waals surface area contributed by atoms with E-state index in [-0.39, 0.29) is 5.91 Å². The van der Waals surface area contributed by atoms with Crippen molar-refractivity contribution in [2.24, 2.45) is 17.8 Å². The lowest BCUT2D eigenvalue weighted by molar-refractivity contribution is 0.0408. The van der Waals surface area contributed by atoms with E-state index in [9.17, 15) is 4.79 Å². The lowest BCUT2D eigenvalue weighted by Crippen LogP contribution is -2.51. The third-order valence-corrected chi connectivity index (χ3v) is 5.90. The lowest BCUT2D eigenvalue weighted by Gasteiger charge is -2.45. The Morgan fingerprint density at radius 2 is 2.05 bits per heavy atom. The largest absolute Gasteiger partial charge is 0.372 e. The molecule has 5 rings (SSSR count). The summed E-state index contributed by atoms with van der Waals surface area (Å²) in [4.78, 5) is 17.4. The molecule has 3 heterocycles.